The summed E-state index contributed by atoms with van der Waals surface area (Å²) >= 11 is 6.62. The third-order valence-electron chi connectivity index (χ3n) is 8.06. The second-order valence-electron chi connectivity index (χ2n) is 11.6. The fraction of sp³-hybridized carbons (Fsp3) is 0.281. The first-order valence-electron chi connectivity index (χ1n) is 15.0. The Hall–Kier alpha value is -4.71. The van der Waals surface area contributed by atoms with Crippen LogP contribution in [0.25, 0.3) is 27.6 Å². The fourth-order valence-corrected chi connectivity index (χ4v) is 7.40. The topological polar surface area (TPSA) is 163 Å². The predicted octanol–water partition coefficient (Wildman–Crippen LogP) is 5.05. The molecule has 0 aliphatic carbocycles. The number of allylic oxidation sites excluding steroid dienone is 1. The maximum absolute atomic E-state index is 13.6. The second-order valence-corrected chi connectivity index (χ2v) is 15.2. The number of halogens is 1. The molecule has 6 rings (SSSR count). The highest BCUT2D eigenvalue weighted by Crippen LogP contribution is 2.42. The Bertz CT molecular complexity index is 2070. The Balaban J connectivity index is 1.46. The number of H-pyrrole nitrogens is 1. The van der Waals surface area contributed by atoms with Crippen molar-refractivity contribution in [1.29, 1.82) is 0 Å². The second kappa shape index (κ2) is 13.2. The summed E-state index contributed by atoms with van der Waals surface area (Å²) in [6.07, 6.45) is 8.14. The summed E-state index contributed by atoms with van der Waals surface area (Å²) in [5.74, 6) is 1.29. The minimum absolute atomic E-state index is 0.274. The summed E-state index contributed by atoms with van der Waals surface area (Å²) in [7, 11) is 2.63. The van der Waals surface area contributed by atoms with Crippen molar-refractivity contribution in [2.75, 3.05) is 76.2 Å². The quantitative estimate of drug-likeness (QED) is 0.122. The van der Waals surface area contributed by atoms with Gasteiger partial charge in [0, 0.05) is 87.1 Å². The van der Waals surface area contributed by atoms with Crippen LogP contribution in [-0.4, -0.2) is 96.7 Å². The minimum Gasteiger partial charge on any atom is -0.494 e. The number of likely N-dealkylation sites (N-methyl/N-ethyl adjacent to an activating group) is 1. The highest BCUT2D eigenvalue weighted by Gasteiger charge is 2.25. The molecule has 0 spiro atoms. The number of aromatic amines is 1. The van der Waals surface area contributed by atoms with Crippen LogP contribution in [0.15, 0.2) is 54.0 Å². The first-order valence-corrected chi connectivity index (χ1v) is 18.0. The van der Waals surface area contributed by atoms with E-state index in [9.17, 15) is 4.57 Å². The van der Waals surface area contributed by atoms with Crippen LogP contribution in [0.2, 0.25) is 5.02 Å². The zero-order valence-corrected chi connectivity index (χ0v) is 28.5. The molecule has 3 aromatic heterocycles. The van der Waals surface area contributed by atoms with Crippen molar-refractivity contribution in [3.63, 3.8) is 0 Å². The van der Waals surface area contributed by atoms with Crippen molar-refractivity contribution in [1.82, 2.24) is 29.8 Å². The van der Waals surface area contributed by atoms with E-state index in [1.165, 1.54) is 0 Å². The summed E-state index contributed by atoms with van der Waals surface area (Å²) in [6.45, 7) is 6.99. The van der Waals surface area contributed by atoms with E-state index in [0.29, 0.717) is 55.3 Å². The van der Waals surface area contributed by atoms with E-state index < -0.39 is 7.14 Å². The Labute approximate surface area is 277 Å². The summed E-state index contributed by atoms with van der Waals surface area (Å²) in [5.41, 5.74) is 11.7. The molecule has 0 amide bonds. The highest BCUT2D eigenvalue weighted by molar-refractivity contribution is 7.71. The van der Waals surface area contributed by atoms with E-state index in [2.05, 4.69) is 47.4 Å². The number of benzene rings is 2. The van der Waals surface area contributed by atoms with E-state index in [1.54, 1.807) is 58.5 Å². The number of nitrogens with one attached hydrogen (secondary N) is 3. The van der Waals surface area contributed by atoms with E-state index in [-0.39, 0.29) is 5.95 Å². The number of rotatable bonds is 9. The number of aromatic nitrogens is 5. The molecule has 0 bridgehead atoms. The summed E-state index contributed by atoms with van der Waals surface area (Å²) < 4.78 is 19.5. The molecule has 4 heterocycles. The third-order valence-corrected chi connectivity index (χ3v) is 9.88. The van der Waals surface area contributed by atoms with Gasteiger partial charge in [-0.25, -0.2) is 0 Å². The molecule has 5 N–H and O–H groups in total. The highest BCUT2D eigenvalue weighted by atomic mass is 35.5. The van der Waals surface area contributed by atoms with Crippen molar-refractivity contribution < 1.29 is 9.30 Å². The van der Waals surface area contributed by atoms with Gasteiger partial charge in [0.05, 0.1) is 39.7 Å². The maximum Gasteiger partial charge on any atom is 0.231 e. The number of nitrogens with zero attached hydrogens (tertiary/aromatic N) is 7. The summed E-state index contributed by atoms with van der Waals surface area (Å²) in [5, 5.41) is 8.32. The van der Waals surface area contributed by atoms with Crippen LogP contribution >= 0.6 is 18.7 Å². The molecular formula is C32H37ClN11O2P. The molecule has 13 nitrogen and oxygen atoms in total. The van der Waals surface area contributed by atoms with Crippen LogP contribution in [0.3, 0.4) is 0 Å². The van der Waals surface area contributed by atoms with Gasteiger partial charge in [-0.1, -0.05) is 11.6 Å². The van der Waals surface area contributed by atoms with Crippen molar-refractivity contribution >= 4 is 86.7 Å². The van der Waals surface area contributed by atoms with Crippen LogP contribution in [-0.2, 0) is 4.57 Å². The number of methoxy groups -OCH3 is 1. The van der Waals surface area contributed by atoms with Gasteiger partial charge in [0.2, 0.25) is 5.95 Å². The average Bonchev–Trinajstić information content (AvgIpc) is 3.43. The number of aliphatic imine (C=N–C) groups is 1. The van der Waals surface area contributed by atoms with Gasteiger partial charge in [0.1, 0.15) is 29.9 Å². The lowest BCUT2D eigenvalue weighted by Gasteiger charge is -2.35. The van der Waals surface area contributed by atoms with Gasteiger partial charge in [-0.2, -0.15) is 9.97 Å². The minimum atomic E-state index is -2.83. The molecule has 15 heteroatoms. The smallest absolute Gasteiger partial charge is 0.231 e. The Kier molecular flexibility index (Phi) is 9.05. The van der Waals surface area contributed by atoms with Crippen molar-refractivity contribution in [3.05, 3.63) is 59.6 Å². The number of ether oxygens (including phenoxy) is 1. The molecule has 47 heavy (non-hydrogen) atoms. The van der Waals surface area contributed by atoms with Gasteiger partial charge in [-0.15, -0.1) is 0 Å². The average molecular weight is 674 g/mol. The van der Waals surface area contributed by atoms with Gasteiger partial charge in [-0.05, 0) is 38.6 Å². The maximum atomic E-state index is 13.6. The molecular weight excluding hydrogens is 637 g/mol. The molecule has 1 aliphatic rings. The number of hydrogen-bond donors (Lipinski definition) is 4. The van der Waals surface area contributed by atoms with E-state index in [1.807, 2.05) is 24.3 Å². The Morgan fingerprint density at radius 2 is 1.87 bits per heavy atom. The fourth-order valence-electron chi connectivity index (χ4n) is 5.77. The van der Waals surface area contributed by atoms with Gasteiger partial charge < -0.3 is 40.5 Å². The molecule has 0 atom stereocenters. The van der Waals surface area contributed by atoms with Crippen LogP contribution in [0.4, 0.5) is 28.8 Å². The third kappa shape index (κ3) is 6.47. The van der Waals surface area contributed by atoms with Gasteiger partial charge in [0.15, 0.2) is 0 Å². The predicted molar refractivity (Wildman–Crippen MR) is 193 cm³/mol. The van der Waals surface area contributed by atoms with E-state index in [4.69, 9.17) is 32.0 Å². The zero-order chi connectivity index (χ0) is 33.3. The van der Waals surface area contributed by atoms with Crippen molar-refractivity contribution in [3.8, 4) is 5.75 Å². The van der Waals surface area contributed by atoms with Crippen LogP contribution < -0.4 is 31.3 Å². The normalized spacial score (nSPS) is 14.8. The number of hydrogen-bond acceptors (Lipinski definition) is 12. The first-order chi connectivity index (χ1) is 22.6. The number of nitrogens with two attached hydrogens (primary N) is 1. The molecule has 1 fully saturated rings. The monoisotopic (exact) mass is 673 g/mol. The van der Waals surface area contributed by atoms with Crippen molar-refractivity contribution in [2.24, 2.45) is 10.7 Å². The van der Waals surface area contributed by atoms with Gasteiger partial charge in [-0.3, -0.25) is 15.0 Å². The molecule has 0 unspecified atom stereocenters. The first kappa shape index (κ1) is 32.2. The molecule has 0 saturated carbocycles. The molecule has 1 aliphatic heterocycles. The lowest BCUT2D eigenvalue weighted by Crippen LogP contribution is -2.44. The number of piperazine rings is 1. The largest absolute Gasteiger partial charge is 0.494 e. The Morgan fingerprint density at radius 3 is 2.57 bits per heavy atom. The van der Waals surface area contributed by atoms with Crippen LogP contribution in [0.5, 0.6) is 5.75 Å². The van der Waals surface area contributed by atoms with Gasteiger partial charge in [0.25, 0.3) is 0 Å². The molecule has 2 aromatic carbocycles. The molecule has 1 saturated heterocycles. The summed E-state index contributed by atoms with van der Waals surface area (Å²) in [4.78, 5) is 30.5. The van der Waals surface area contributed by atoms with Crippen LogP contribution in [0.1, 0.15) is 5.56 Å². The van der Waals surface area contributed by atoms with E-state index in [0.717, 1.165) is 43.0 Å². The molecule has 5 aromatic rings. The SMILES string of the molecule is CN=CC(=CN)c1cc(Nc2nc(Nc3ccc4nccnc4c3P(C)(C)=O)c3c(Cl)c[nH]c3n2)c(OC)cc1N1CCN(C)CC1. The standard InChI is InChI=1S/C32H37ClN11O2P/c1-35-17-19(16-34)20-14-24(26(46-3)15-25(20)44-12-10-43(2)11-13-44)40-32-41-30-27(21(33)18-38-30)31(42-32)39-23-7-6-22-28(37-9-8-36-22)29(23)47(4,5)45/h6-9,14-18H,10-13,34H2,1-5H3,(H3,38,39,40,41,42). The molecule has 0 radical (unpaired) electrons. The van der Waals surface area contributed by atoms with Crippen LogP contribution in [0, 0.1) is 0 Å². The Morgan fingerprint density at radius 1 is 1.11 bits per heavy atom. The zero-order valence-electron chi connectivity index (χ0n) is 26.9. The lowest BCUT2D eigenvalue weighted by atomic mass is 10.0. The summed E-state index contributed by atoms with van der Waals surface area (Å²) in [6, 6.07) is 7.63. The van der Waals surface area contributed by atoms with Gasteiger partial charge >= 0.3 is 0 Å². The lowest BCUT2D eigenvalue weighted by molar-refractivity contribution is 0.312. The molecule has 244 valence electrons. The number of fused-ring (bicyclic) bond motifs is 2. The number of anilines is 5. The van der Waals surface area contributed by atoms with E-state index >= 15 is 0 Å². The van der Waals surface area contributed by atoms with Crippen molar-refractivity contribution in [2.45, 2.75) is 0 Å².